The van der Waals surface area contributed by atoms with E-state index in [1.807, 2.05) is 55.5 Å². The van der Waals surface area contributed by atoms with Crippen LogP contribution in [0.2, 0.25) is 0 Å². The summed E-state index contributed by atoms with van der Waals surface area (Å²) in [6, 6.07) is 15.3. The lowest BCUT2D eigenvalue weighted by Crippen LogP contribution is -2.32. The molecule has 0 atom stereocenters. The van der Waals surface area contributed by atoms with Crippen LogP contribution in [-0.2, 0) is 13.1 Å². The summed E-state index contributed by atoms with van der Waals surface area (Å²) in [6.07, 6.45) is 3.52. The van der Waals surface area contributed by atoms with Gasteiger partial charge in [-0.1, -0.05) is 24.3 Å². The van der Waals surface area contributed by atoms with Crippen LogP contribution in [0.15, 0.2) is 60.5 Å². The van der Waals surface area contributed by atoms with Gasteiger partial charge in [-0.3, -0.25) is 14.7 Å². The van der Waals surface area contributed by atoms with Crippen molar-refractivity contribution in [1.29, 1.82) is 0 Å². The average Bonchev–Trinajstić information content (AvgIpc) is 3.10. The van der Waals surface area contributed by atoms with Crippen LogP contribution < -0.4 is 14.2 Å². The summed E-state index contributed by atoms with van der Waals surface area (Å²) < 4.78 is 17.4. The normalized spacial score (nSPS) is 16.5. The highest BCUT2D eigenvalue weighted by Gasteiger charge is 2.33. The second kappa shape index (κ2) is 7.89. The van der Waals surface area contributed by atoms with Crippen molar-refractivity contribution in [3.05, 3.63) is 88.4 Å². The van der Waals surface area contributed by atoms with Gasteiger partial charge < -0.3 is 14.2 Å². The van der Waals surface area contributed by atoms with Gasteiger partial charge in [0.2, 0.25) is 5.78 Å². The Hall–Kier alpha value is -3.64. The average molecular weight is 414 g/mol. The van der Waals surface area contributed by atoms with Gasteiger partial charge in [-0.2, -0.15) is 0 Å². The number of carbonyl (C=O) groups excluding carboxylic acids is 1. The minimum absolute atomic E-state index is 0.131. The molecular formula is C25H22N2O4. The number of aromatic nitrogens is 1. The predicted molar refractivity (Wildman–Crippen MR) is 116 cm³/mol. The summed E-state index contributed by atoms with van der Waals surface area (Å²) in [7, 11) is 1.61. The highest BCUT2D eigenvalue weighted by Crippen LogP contribution is 2.43. The first kappa shape index (κ1) is 19.3. The van der Waals surface area contributed by atoms with Crippen molar-refractivity contribution in [2.45, 2.75) is 20.0 Å². The van der Waals surface area contributed by atoms with E-state index in [9.17, 15) is 4.79 Å². The molecule has 0 radical (unpaired) electrons. The summed E-state index contributed by atoms with van der Waals surface area (Å²) in [4.78, 5) is 19.7. The van der Waals surface area contributed by atoms with Gasteiger partial charge in [-0.05, 0) is 37.3 Å². The van der Waals surface area contributed by atoms with Gasteiger partial charge in [0.05, 0.1) is 18.4 Å². The first-order valence-corrected chi connectivity index (χ1v) is 10.1. The lowest BCUT2D eigenvalue weighted by atomic mass is 10.00. The number of nitrogens with zero attached hydrogens (tertiary/aromatic N) is 2. The van der Waals surface area contributed by atoms with Crippen LogP contribution in [0.3, 0.4) is 0 Å². The van der Waals surface area contributed by atoms with Crippen molar-refractivity contribution in [3.8, 4) is 17.2 Å². The molecule has 156 valence electrons. The number of ether oxygens (including phenoxy) is 3. The Kier molecular flexibility index (Phi) is 4.92. The number of ketones is 1. The maximum absolute atomic E-state index is 13.1. The van der Waals surface area contributed by atoms with E-state index in [1.165, 1.54) is 0 Å². The number of benzene rings is 2. The highest BCUT2D eigenvalue weighted by molar-refractivity contribution is 6.15. The number of para-hydroxylation sites is 1. The number of pyridine rings is 1. The van der Waals surface area contributed by atoms with Crippen LogP contribution >= 0.6 is 0 Å². The third kappa shape index (κ3) is 3.55. The van der Waals surface area contributed by atoms with Gasteiger partial charge in [0, 0.05) is 36.0 Å². The Labute approximate surface area is 180 Å². The fourth-order valence-electron chi connectivity index (χ4n) is 4.05. The standard InChI is InChI=1S/C25H22N2O4/c1-16-24-18(13-27(15-30-24)14-19-8-5-6-10-26-19)11-20-23(28)22(31-25(16)20)12-17-7-3-4-9-21(17)29-2/h3-12H,13-15H2,1-2H3/b22-12-. The minimum atomic E-state index is -0.131. The van der Waals surface area contributed by atoms with Gasteiger partial charge in [0.25, 0.3) is 0 Å². The number of hydrogen-bond donors (Lipinski definition) is 0. The second-order valence-corrected chi connectivity index (χ2v) is 7.63. The summed E-state index contributed by atoms with van der Waals surface area (Å²) in [5, 5.41) is 0. The van der Waals surface area contributed by atoms with E-state index < -0.39 is 0 Å². The maximum atomic E-state index is 13.1. The summed E-state index contributed by atoms with van der Waals surface area (Å²) in [5.74, 6) is 2.21. The van der Waals surface area contributed by atoms with Crippen molar-refractivity contribution in [1.82, 2.24) is 9.88 Å². The monoisotopic (exact) mass is 414 g/mol. The second-order valence-electron chi connectivity index (χ2n) is 7.63. The number of carbonyl (C=O) groups is 1. The molecule has 1 aromatic heterocycles. The molecule has 0 amide bonds. The zero-order chi connectivity index (χ0) is 21.4. The van der Waals surface area contributed by atoms with Gasteiger partial charge in [0.1, 0.15) is 24.0 Å². The van der Waals surface area contributed by atoms with Crippen LogP contribution in [-0.4, -0.2) is 29.5 Å². The smallest absolute Gasteiger partial charge is 0.231 e. The first-order valence-electron chi connectivity index (χ1n) is 10.1. The number of methoxy groups -OCH3 is 1. The molecule has 5 rings (SSSR count). The lowest BCUT2D eigenvalue weighted by molar-refractivity contribution is 0.0865. The number of Topliss-reactive ketones (excluding diaryl/α,β-unsaturated/α-hetero) is 1. The molecule has 3 heterocycles. The molecule has 6 heteroatoms. The molecule has 2 aromatic carbocycles. The molecule has 2 aliphatic rings. The molecule has 0 N–H and O–H groups in total. The van der Waals surface area contributed by atoms with Crippen molar-refractivity contribution < 1.29 is 19.0 Å². The van der Waals surface area contributed by atoms with Crippen LogP contribution in [0, 0.1) is 6.92 Å². The van der Waals surface area contributed by atoms with Crippen molar-refractivity contribution >= 4 is 11.9 Å². The van der Waals surface area contributed by atoms with Gasteiger partial charge in [-0.25, -0.2) is 0 Å². The van der Waals surface area contributed by atoms with Gasteiger partial charge in [0.15, 0.2) is 5.76 Å². The summed E-state index contributed by atoms with van der Waals surface area (Å²) in [6.45, 7) is 3.76. The fraction of sp³-hybridized carbons (Fsp3) is 0.200. The molecule has 0 bridgehead atoms. The minimum Gasteiger partial charge on any atom is -0.496 e. The fourth-order valence-corrected chi connectivity index (χ4v) is 4.05. The van der Waals surface area contributed by atoms with Crippen LogP contribution in [0.1, 0.15) is 32.7 Å². The molecule has 3 aromatic rings. The zero-order valence-electron chi connectivity index (χ0n) is 17.4. The van der Waals surface area contributed by atoms with E-state index in [4.69, 9.17) is 14.2 Å². The van der Waals surface area contributed by atoms with Crippen LogP contribution in [0.4, 0.5) is 0 Å². The van der Waals surface area contributed by atoms with E-state index in [0.717, 1.165) is 28.1 Å². The molecule has 0 fully saturated rings. The zero-order valence-corrected chi connectivity index (χ0v) is 17.4. The molecule has 0 saturated heterocycles. The lowest BCUT2D eigenvalue weighted by Gasteiger charge is -2.30. The van der Waals surface area contributed by atoms with Crippen LogP contribution in [0.25, 0.3) is 6.08 Å². The molecule has 0 spiro atoms. The third-order valence-corrected chi connectivity index (χ3v) is 5.54. The Morgan fingerprint density at radius 3 is 2.81 bits per heavy atom. The van der Waals surface area contributed by atoms with E-state index >= 15 is 0 Å². The Bertz CT molecular complexity index is 1190. The van der Waals surface area contributed by atoms with E-state index in [2.05, 4.69) is 9.88 Å². The van der Waals surface area contributed by atoms with Gasteiger partial charge >= 0.3 is 0 Å². The Morgan fingerprint density at radius 2 is 2.00 bits per heavy atom. The summed E-state index contributed by atoms with van der Waals surface area (Å²) >= 11 is 0. The van der Waals surface area contributed by atoms with E-state index in [-0.39, 0.29) is 11.5 Å². The number of fused-ring (bicyclic) bond motifs is 2. The highest BCUT2D eigenvalue weighted by atomic mass is 16.5. The first-order chi connectivity index (χ1) is 15.1. The van der Waals surface area contributed by atoms with Gasteiger partial charge in [-0.15, -0.1) is 0 Å². The molecular weight excluding hydrogens is 392 g/mol. The number of rotatable bonds is 4. The topological polar surface area (TPSA) is 60.9 Å². The largest absolute Gasteiger partial charge is 0.496 e. The van der Waals surface area contributed by atoms with Crippen molar-refractivity contribution in [3.63, 3.8) is 0 Å². The van der Waals surface area contributed by atoms with E-state index in [1.54, 1.807) is 19.4 Å². The summed E-state index contributed by atoms with van der Waals surface area (Å²) in [5.41, 5.74) is 4.17. The maximum Gasteiger partial charge on any atom is 0.231 e. The number of allylic oxidation sites excluding steroid dienone is 1. The SMILES string of the molecule is COc1ccccc1/C=C1\Oc2c(cc3c(c2C)OCN(Cc2ccccn2)C3)C1=O. The molecule has 0 aliphatic carbocycles. The quantitative estimate of drug-likeness (QED) is 0.591. The molecule has 2 aliphatic heterocycles. The van der Waals surface area contributed by atoms with Crippen molar-refractivity contribution in [2.24, 2.45) is 0 Å². The molecule has 0 saturated carbocycles. The predicted octanol–water partition coefficient (Wildman–Crippen LogP) is 4.37. The van der Waals surface area contributed by atoms with Crippen molar-refractivity contribution in [2.75, 3.05) is 13.8 Å². The molecule has 6 nitrogen and oxygen atoms in total. The molecule has 0 unspecified atom stereocenters. The Morgan fingerprint density at radius 1 is 1.16 bits per heavy atom. The number of hydrogen-bond acceptors (Lipinski definition) is 6. The van der Waals surface area contributed by atoms with Crippen LogP contribution in [0.5, 0.6) is 17.2 Å². The van der Waals surface area contributed by atoms with E-state index in [0.29, 0.717) is 36.9 Å². The molecule has 31 heavy (non-hydrogen) atoms. The third-order valence-electron chi connectivity index (χ3n) is 5.54. The Balaban J connectivity index is 1.44.